The molecule has 16 unspecified atom stereocenters. The van der Waals surface area contributed by atoms with Crippen LogP contribution in [0.15, 0.2) is 0 Å². The van der Waals surface area contributed by atoms with Gasteiger partial charge in [0.1, 0.15) is 50.8 Å². The van der Waals surface area contributed by atoms with Gasteiger partial charge in [0.05, 0.1) is 48.8 Å². The van der Waals surface area contributed by atoms with E-state index in [1.807, 2.05) is 41.5 Å². The van der Waals surface area contributed by atoms with Crippen LogP contribution in [0.1, 0.15) is 81.1 Å². The number of alkyl halides is 4. The highest BCUT2D eigenvalue weighted by molar-refractivity contribution is 14.1. The summed E-state index contributed by atoms with van der Waals surface area (Å²) in [4.78, 5) is 0. The van der Waals surface area contributed by atoms with Crippen molar-refractivity contribution in [2.24, 2.45) is 0 Å². The molecule has 0 radical (unpaired) electrons. The Labute approximate surface area is 397 Å². The number of aliphatic hydroxyl groups excluding tert-OH is 2. The average Bonchev–Trinajstić information content (AvgIpc) is 3.21. The summed E-state index contributed by atoms with van der Waals surface area (Å²) in [5.41, 5.74) is -5.52. The van der Waals surface area contributed by atoms with Gasteiger partial charge in [-0.1, -0.05) is 46.3 Å². The molecule has 4 heterocycles. The summed E-state index contributed by atoms with van der Waals surface area (Å²) >= 11 is 2.37. The van der Waals surface area contributed by atoms with Crippen molar-refractivity contribution in [3.05, 3.63) is 0 Å². The largest absolute Gasteiger partial charge is 0.523 e. The number of hydrogen-bond donors (Lipinski definition) is 2. The maximum atomic E-state index is 12.5. The van der Waals surface area contributed by atoms with Gasteiger partial charge in [-0.25, -0.2) is 0 Å². The highest BCUT2D eigenvalue weighted by atomic mass is 127. The van der Waals surface area contributed by atoms with Crippen LogP contribution < -0.4 is 0 Å². The van der Waals surface area contributed by atoms with E-state index in [0.717, 1.165) is 6.42 Å². The Morgan fingerprint density at radius 3 is 1.45 bits per heavy atom. The minimum atomic E-state index is -5.76. The van der Waals surface area contributed by atoms with E-state index >= 15 is 0 Å². The summed E-state index contributed by atoms with van der Waals surface area (Å²) in [6, 6.07) is 0. The Morgan fingerprint density at radius 2 is 1.00 bits per heavy atom. The molecule has 16 atom stereocenters. The van der Waals surface area contributed by atoms with E-state index in [-0.39, 0.29) is 88.2 Å². The first-order chi connectivity index (χ1) is 30.6. The SMILES string of the molecule is C#CCOC1C(C)OC(OCC)CC1OS(=O)(=O)C(F)(F)F.C#CCOC1C(I)CC(OCC)OC1C.C#CCOC1C(O)CC(OCC)OC1C.C#CCOC1CC(C)OC(C)C1O. The molecule has 21 heteroatoms. The first kappa shape index (κ1) is 61.2. The van der Waals surface area contributed by atoms with Gasteiger partial charge in [-0.15, -0.1) is 25.7 Å². The maximum absolute atomic E-state index is 12.5. The lowest BCUT2D eigenvalue weighted by Gasteiger charge is -2.39. The van der Waals surface area contributed by atoms with Crippen molar-refractivity contribution in [3.8, 4) is 49.4 Å². The lowest BCUT2D eigenvalue weighted by atomic mass is 9.99. The summed E-state index contributed by atoms with van der Waals surface area (Å²) < 4.78 is 124. The van der Waals surface area contributed by atoms with Gasteiger partial charge in [0.15, 0.2) is 18.9 Å². The van der Waals surface area contributed by atoms with Crippen molar-refractivity contribution in [3.63, 3.8) is 0 Å². The third kappa shape index (κ3) is 22.0. The van der Waals surface area contributed by atoms with Crippen LogP contribution in [-0.2, 0) is 66.4 Å². The molecule has 2 N–H and O–H groups in total. The molecule has 4 saturated heterocycles. The monoisotopic (exact) mass is 1070 g/mol. The fourth-order valence-electron chi connectivity index (χ4n) is 6.95. The minimum absolute atomic E-state index is 0.0329. The van der Waals surface area contributed by atoms with E-state index in [4.69, 9.17) is 77.8 Å². The smallest absolute Gasteiger partial charge is 0.390 e. The van der Waals surface area contributed by atoms with E-state index < -0.39 is 52.4 Å². The zero-order chi connectivity index (χ0) is 49.3. The molecule has 4 rings (SSSR count). The summed E-state index contributed by atoms with van der Waals surface area (Å²) in [5, 5.41) is 19.5. The lowest BCUT2D eigenvalue weighted by molar-refractivity contribution is -0.251. The number of ether oxygens (including phenoxy) is 11. The van der Waals surface area contributed by atoms with Crippen LogP contribution in [-0.4, -0.2) is 166 Å². The van der Waals surface area contributed by atoms with E-state index in [0.29, 0.717) is 36.6 Å². The Morgan fingerprint density at radius 1 is 0.585 bits per heavy atom. The normalized spacial score (nSPS) is 34.8. The van der Waals surface area contributed by atoms with Crippen molar-refractivity contribution < 1.29 is 88.1 Å². The van der Waals surface area contributed by atoms with Gasteiger partial charge >= 0.3 is 15.6 Å². The standard InChI is InChI=1S/C12H17F3O6S.C11H17IO3.C11H18O4.C10H16O3/c1-4-6-19-11-8(3)20-10(18-5-2)7-9(11)21-22(16,17)12(13,14)15;2*1-4-6-14-11-8(3)15-10(13-5-2)7-9(11)12;1-4-5-12-9-6-7(2)13-8(3)10(9)11/h1,8-11H,5-7H2,2-3H3;1,8-11H,5-7H2,2-3H3;1,8-12H,5-7H2,2-3H3;1,7-11H,5-6H2,2-3H3. The maximum Gasteiger partial charge on any atom is 0.523 e. The Balaban J connectivity index is 0.000000443. The molecule has 374 valence electrons. The van der Waals surface area contributed by atoms with E-state index in [1.54, 1.807) is 6.92 Å². The Hall–Kier alpha value is -1.85. The van der Waals surface area contributed by atoms with Crippen molar-refractivity contribution in [2.75, 3.05) is 46.2 Å². The van der Waals surface area contributed by atoms with E-state index in [9.17, 15) is 31.8 Å². The predicted octanol–water partition coefficient (Wildman–Crippen LogP) is 4.49. The lowest BCUT2D eigenvalue weighted by Crippen LogP contribution is -2.51. The first-order valence-corrected chi connectivity index (χ1v) is 24.0. The highest BCUT2D eigenvalue weighted by Crippen LogP contribution is 2.33. The van der Waals surface area contributed by atoms with Crippen LogP contribution in [0.2, 0.25) is 0 Å². The van der Waals surface area contributed by atoms with Crippen LogP contribution in [0, 0.1) is 49.4 Å². The third-order valence-corrected chi connectivity index (χ3v) is 12.1. The van der Waals surface area contributed by atoms with Crippen molar-refractivity contribution in [1.29, 1.82) is 0 Å². The van der Waals surface area contributed by atoms with Gasteiger partial charge in [-0.05, 0) is 55.4 Å². The van der Waals surface area contributed by atoms with E-state index in [2.05, 4.69) is 50.5 Å². The molecule has 0 aliphatic carbocycles. The molecular formula is C44H68F3IO16S. The molecular weight excluding hydrogens is 1000 g/mol. The van der Waals surface area contributed by atoms with Gasteiger partial charge in [0, 0.05) is 49.4 Å². The quantitative estimate of drug-likeness (QED) is 0.0724. The topological polar surface area (TPSA) is 185 Å². The summed E-state index contributed by atoms with van der Waals surface area (Å²) in [5.74, 6) is 9.39. The zero-order valence-electron chi connectivity index (χ0n) is 38.4. The number of aliphatic hydroxyl groups is 2. The van der Waals surface area contributed by atoms with Gasteiger partial charge in [-0.3, -0.25) is 4.18 Å². The molecule has 4 aliphatic rings. The average molecular weight is 1070 g/mol. The second-order valence-electron chi connectivity index (χ2n) is 14.9. The molecule has 16 nitrogen and oxygen atoms in total. The summed E-state index contributed by atoms with van der Waals surface area (Å²) in [6.45, 7) is 16.7. The van der Waals surface area contributed by atoms with E-state index in [1.165, 1.54) is 6.92 Å². The number of terminal acetylenes is 4. The van der Waals surface area contributed by atoms with Crippen molar-refractivity contribution in [2.45, 2.75) is 183 Å². The van der Waals surface area contributed by atoms with Crippen molar-refractivity contribution in [1.82, 2.24) is 0 Å². The molecule has 0 aromatic rings. The second-order valence-corrected chi connectivity index (χ2v) is 18.0. The van der Waals surface area contributed by atoms with Gasteiger partial charge in [0.25, 0.3) is 0 Å². The molecule has 0 spiro atoms. The summed E-state index contributed by atoms with van der Waals surface area (Å²) in [7, 11) is -5.76. The Kier molecular flexibility index (Phi) is 30.2. The highest BCUT2D eigenvalue weighted by Gasteiger charge is 2.51. The van der Waals surface area contributed by atoms with Crippen LogP contribution >= 0.6 is 22.6 Å². The molecule has 65 heavy (non-hydrogen) atoms. The van der Waals surface area contributed by atoms with Crippen LogP contribution in [0.3, 0.4) is 0 Å². The third-order valence-electron chi connectivity index (χ3n) is 9.79. The van der Waals surface area contributed by atoms with Crippen LogP contribution in [0.25, 0.3) is 0 Å². The number of hydrogen-bond acceptors (Lipinski definition) is 16. The molecule has 0 bridgehead atoms. The van der Waals surface area contributed by atoms with Crippen molar-refractivity contribution >= 4 is 32.7 Å². The number of halogens is 4. The van der Waals surface area contributed by atoms with Gasteiger partial charge < -0.3 is 62.3 Å². The Bertz CT molecular complexity index is 1530. The van der Waals surface area contributed by atoms with Gasteiger partial charge in [0.2, 0.25) is 0 Å². The summed E-state index contributed by atoms with van der Waals surface area (Å²) in [6.07, 6.45) is 15.7. The first-order valence-electron chi connectivity index (χ1n) is 21.3. The second kappa shape index (κ2) is 32.1. The molecule has 4 fully saturated rings. The van der Waals surface area contributed by atoms with Crippen LogP contribution in [0.5, 0.6) is 0 Å². The zero-order valence-corrected chi connectivity index (χ0v) is 41.3. The number of rotatable bonds is 16. The van der Waals surface area contributed by atoms with Crippen LogP contribution in [0.4, 0.5) is 13.2 Å². The predicted molar refractivity (Wildman–Crippen MR) is 240 cm³/mol. The minimum Gasteiger partial charge on any atom is -0.390 e. The molecule has 0 aromatic heterocycles. The molecule has 0 amide bonds. The fraction of sp³-hybridized carbons (Fsp3) is 0.818. The molecule has 4 aliphatic heterocycles. The molecule has 0 saturated carbocycles. The molecule has 0 aromatic carbocycles. The van der Waals surface area contributed by atoms with Gasteiger partial charge in [-0.2, -0.15) is 21.6 Å². The fourth-order valence-corrected chi connectivity index (χ4v) is 8.78.